The molecule has 0 aromatic heterocycles. The summed E-state index contributed by atoms with van der Waals surface area (Å²) < 4.78 is 0. The van der Waals surface area contributed by atoms with Gasteiger partial charge in [-0.05, 0) is 32.8 Å². The SMILES string of the molecule is C/C=C(N)/C(=C/N(CC#N)NC)C/C(C)=C/C.C=C. The van der Waals surface area contributed by atoms with Crippen molar-refractivity contribution < 1.29 is 0 Å². The maximum absolute atomic E-state index is 8.69. The number of nitrogens with two attached hydrogens (primary N) is 1. The van der Waals surface area contributed by atoms with Crippen molar-refractivity contribution in [1.82, 2.24) is 10.4 Å². The molecular weight excluding hydrogens is 236 g/mol. The Kier molecular flexibility index (Phi) is 12.7. The Bertz CT molecular complexity index is 372. The van der Waals surface area contributed by atoms with Gasteiger partial charge in [-0.25, -0.2) is 5.43 Å². The number of nitriles is 1. The van der Waals surface area contributed by atoms with Crippen LogP contribution in [0.25, 0.3) is 0 Å². The first-order chi connectivity index (χ1) is 9.08. The highest BCUT2D eigenvalue weighted by Crippen LogP contribution is 2.16. The van der Waals surface area contributed by atoms with Crippen LogP contribution in [0.3, 0.4) is 0 Å². The van der Waals surface area contributed by atoms with E-state index in [9.17, 15) is 0 Å². The summed E-state index contributed by atoms with van der Waals surface area (Å²) >= 11 is 0. The first kappa shape index (κ1) is 19.4. The van der Waals surface area contributed by atoms with Gasteiger partial charge >= 0.3 is 0 Å². The van der Waals surface area contributed by atoms with Crippen molar-refractivity contribution in [3.05, 3.63) is 48.4 Å². The molecule has 0 heterocycles. The van der Waals surface area contributed by atoms with Gasteiger partial charge in [-0.15, -0.1) is 13.2 Å². The third-order valence-corrected chi connectivity index (χ3v) is 2.48. The highest BCUT2D eigenvalue weighted by atomic mass is 15.5. The number of rotatable bonds is 6. The second-order valence-electron chi connectivity index (χ2n) is 3.72. The van der Waals surface area contributed by atoms with Gasteiger partial charge in [0.1, 0.15) is 6.54 Å². The molecule has 0 spiro atoms. The summed E-state index contributed by atoms with van der Waals surface area (Å²) in [4.78, 5) is 0. The Morgan fingerprint density at radius 3 is 2.32 bits per heavy atom. The minimum atomic E-state index is 0.284. The molecule has 0 fully saturated rings. The fraction of sp³-hybridized carbons (Fsp3) is 0.400. The summed E-state index contributed by atoms with van der Waals surface area (Å²) in [7, 11) is 1.78. The molecule has 4 heteroatoms. The van der Waals surface area contributed by atoms with Crippen LogP contribution < -0.4 is 11.2 Å². The van der Waals surface area contributed by atoms with Crippen molar-refractivity contribution in [1.29, 1.82) is 5.26 Å². The van der Waals surface area contributed by atoms with Crippen molar-refractivity contribution in [2.75, 3.05) is 13.6 Å². The van der Waals surface area contributed by atoms with Crippen LogP contribution in [-0.4, -0.2) is 18.6 Å². The van der Waals surface area contributed by atoms with E-state index >= 15 is 0 Å². The number of nitrogens with zero attached hydrogens (tertiary/aromatic N) is 2. The molecule has 19 heavy (non-hydrogen) atoms. The zero-order chi connectivity index (χ0) is 15.3. The molecule has 0 aliphatic carbocycles. The van der Waals surface area contributed by atoms with Crippen LogP contribution >= 0.6 is 0 Å². The van der Waals surface area contributed by atoms with Gasteiger partial charge < -0.3 is 10.7 Å². The lowest BCUT2D eigenvalue weighted by atomic mass is 10.0. The molecule has 0 saturated carbocycles. The molecule has 0 aliphatic heterocycles. The van der Waals surface area contributed by atoms with Crippen molar-refractivity contribution in [3.8, 4) is 6.07 Å². The molecule has 0 aromatic carbocycles. The summed E-state index contributed by atoms with van der Waals surface area (Å²) in [5.41, 5.74) is 11.9. The first-order valence-corrected chi connectivity index (χ1v) is 6.14. The van der Waals surface area contributed by atoms with Crippen molar-refractivity contribution >= 4 is 0 Å². The van der Waals surface area contributed by atoms with Gasteiger partial charge in [-0.2, -0.15) is 5.26 Å². The Morgan fingerprint density at radius 1 is 1.37 bits per heavy atom. The first-order valence-electron chi connectivity index (χ1n) is 6.14. The fourth-order valence-corrected chi connectivity index (χ4v) is 1.26. The van der Waals surface area contributed by atoms with Crippen LogP contribution in [0.4, 0.5) is 0 Å². The second-order valence-corrected chi connectivity index (χ2v) is 3.72. The lowest BCUT2D eigenvalue weighted by Gasteiger charge is -2.18. The number of nitrogens with one attached hydrogen (secondary N) is 1. The highest BCUT2D eigenvalue weighted by molar-refractivity contribution is 5.31. The molecule has 106 valence electrons. The average Bonchev–Trinajstić information content (AvgIpc) is 2.46. The van der Waals surface area contributed by atoms with E-state index in [2.05, 4.69) is 37.7 Å². The maximum Gasteiger partial charge on any atom is 0.121 e. The van der Waals surface area contributed by atoms with E-state index in [0.717, 1.165) is 17.7 Å². The topological polar surface area (TPSA) is 65.1 Å². The second kappa shape index (κ2) is 12.5. The van der Waals surface area contributed by atoms with E-state index in [1.807, 2.05) is 26.1 Å². The van der Waals surface area contributed by atoms with Crippen LogP contribution in [0.15, 0.2) is 48.4 Å². The van der Waals surface area contributed by atoms with Gasteiger partial charge in [-0.3, -0.25) is 0 Å². The Hall–Kier alpha value is -1.99. The zero-order valence-corrected chi connectivity index (χ0v) is 12.5. The normalized spacial score (nSPS) is 12.3. The molecular formula is C15H26N4. The predicted octanol–water partition coefficient (Wildman–Crippen LogP) is 2.85. The van der Waals surface area contributed by atoms with Crippen LogP contribution in [0.2, 0.25) is 0 Å². The molecule has 4 nitrogen and oxygen atoms in total. The molecule has 0 amide bonds. The van der Waals surface area contributed by atoms with E-state index in [-0.39, 0.29) is 6.54 Å². The van der Waals surface area contributed by atoms with Gasteiger partial charge in [0.2, 0.25) is 0 Å². The number of allylic oxidation sites excluding steroid dienone is 4. The van der Waals surface area contributed by atoms with Crippen molar-refractivity contribution in [3.63, 3.8) is 0 Å². The Labute approximate surface area is 117 Å². The molecule has 0 unspecified atom stereocenters. The molecule has 0 atom stereocenters. The lowest BCUT2D eigenvalue weighted by molar-refractivity contribution is 0.331. The van der Waals surface area contributed by atoms with Gasteiger partial charge in [0, 0.05) is 18.9 Å². The highest BCUT2D eigenvalue weighted by Gasteiger charge is 2.04. The van der Waals surface area contributed by atoms with E-state index in [0.29, 0.717) is 0 Å². The summed E-state index contributed by atoms with van der Waals surface area (Å²) in [6.07, 6.45) is 6.60. The van der Waals surface area contributed by atoms with E-state index in [1.165, 1.54) is 5.57 Å². The average molecular weight is 262 g/mol. The fourth-order valence-electron chi connectivity index (χ4n) is 1.26. The number of hydrogen-bond donors (Lipinski definition) is 2. The summed E-state index contributed by atoms with van der Waals surface area (Å²) in [6, 6.07) is 2.09. The molecule has 0 bridgehead atoms. The molecule has 0 saturated heterocycles. The zero-order valence-electron chi connectivity index (χ0n) is 12.5. The minimum absolute atomic E-state index is 0.284. The van der Waals surface area contributed by atoms with Gasteiger partial charge in [0.15, 0.2) is 0 Å². The molecule has 0 aliphatic rings. The quantitative estimate of drug-likeness (QED) is 0.334. The molecule has 0 rings (SSSR count). The largest absolute Gasteiger partial charge is 0.399 e. The van der Waals surface area contributed by atoms with E-state index in [1.54, 1.807) is 12.1 Å². The molecule has 0 aromatic rings. The smallest absolute Gasteiger partial charge is 0.121 e. The van der Waals surface area contributed by atoms with Crippen molar-refractivity contribution in [2.45, 2.75) is 27.2 Å². The van der Waals surface area contributed by atoms with E-state index < -0.39 is 0 Å². The summed E-state index contributed by atoms with van der Waals surface area (Å²) in [6.45, 7) is 12.3. The lowest BCUT2D eigenvalue weighted by Crippen LogP contribution is -2.31. The van der Waals surface area contributed by atoms with Crippen molar-refractivity contribution in [2.24, 2.45) is 5.73 Å². The maximum atomic E-state index is 8.69. The standard InChI is InChI=1S/C13H22N4.C2H4/c1-5-11(3)9-12(13(15)6-2)10-17(16-4)8-7-14;1-2/h5-6,10,16H,8-9,15H2,1-4H3;1-2H2/b11-5+,12-10+,13-6-;. The number of hydrazine groups is 1. The van der Waals surface area contributed by atoms with Crippen LogP contribution in [0, 0.1) is 11.3 Å². The Morgan fingerprint density at radius 2 is 1.95 bits per heavy atom. The van der Waals surface area contributed by atoms with Crippen LogP contribution in [0.1, 0.15) is 27.2 Å². The third kappa shape index (κ3) is 8.70. The predicted molar refractivity (Wildman–Crippen MR) is 82.7 cm³/mol. The number of hydrogen-bond acceptors (Lipinski definition) is 4. The van der Waals surface area contributed by atoms with Gasteiger partial charge in [0.05, 0.1) is 6.07 Å². The van der Waals surface area contributed by atoms with Gasteiger partial charge in [0.25, 0.3) is 0 Å². The third-order valence-electron chi connectivity index (χ3n) is 2.48. The monoisotopic (exact) mass is 262 g/mol. The van der Waals surface area contributed by atoms with Crippen LogP contribution in [-0.2, 0) is 0 Å². The summed E-state index contributed by atoms with van der Waals surface area (Å²) in [5.74, 6) is 0. The summed E-state index contributed by atoms with van der Waals surface area (Å²) in [5, 5.41) is 10.4. The molecule has 0 radical (unpaired) electrons. The van der Waals surface area contributed by atoms with Gasteiger partial charge in [-0.1, -0.05) is 17.7 Å². The minimum Gasteiger partial charge on any atom is -0.399 e. The van der Waals surface area contributed by atoms with Crippen LogP contribution in [0.5, 0.6) is 0 Å². The van der Waals surface area contributed by atoms with E-state index in [4.69, 9.17) is 11.0 Å². The molecule has 3 N–H and O–H groups in total. The Balaban J connectivity index is 0.